The van der Waals surface area contributed by atoms with Crippen molar-refractivity contribution in [2.45, 2.75) is 46.3 Å². The van der Waals surface area contributed by atoms with Crippen molar-refractivity contribution in [2.24, 2.45) is 0 Å². The van der Waals surface area contributed by atoms with Gasteiger partial charge >= 0.3 is 11.9 Å². The molecule has 4 nitrogen and oxygen atoms in total. The average Bonchev–Trinajstić information content (AvgIpc) is 1.98. The number of hydrogen-bond donors (Lipinski definition) is 0. The lowest BCUT2D eigenvalue weighted by atomic mass is 10.2. The molecule has 0 bridgehead atoms. The van der Waals surface area contributed by atoms with E-state index in [-0.39, 0.29) is 6.04 Å². The summed E-state index contributed by atoms with van der Waals surface area (Å²) in [5.74, 6) is -1.40. The zero-order valence-electron chi connectivity index (χ0n) is 9.75. The van der Waals surface area contributed by atoms with Gasteiger partial charge in [-0.15, -0.1) is 0 Å². The smallest absolute Gasteiger partial charge is 0.397 e. The maximum Gasteiger partial charge on any atom is 0.397 e. The molecule has 0 saturated heterocycles. The summed E-state index contributed by atoms with van der Waals surface area (Å²) in [4.78, 5) is 24.1. The van der Waals surface area contributed by atoms with Crippen molar-refractivity contribution in [1.29, 1.82) is 0 Å². The summed E-state index contributed by atoms with van der Waals surface area (Å²) in [7, 11) is 1.58. The van der Waals surface area contributed by atoms with Gasteiger partial charge in [-0.25, -0.2) is 4.79 Å². The quantitative estimate of drug-likeness (QED) is 0.473. The van der Waals surface area contributed by atoms with E-state index in [1.54, 1.807) is 27.8 Å². The first-order chi connectivity index (χ1) is 6.15. The van der Waals surface area contributed by atoms with Gasteiger partial charge in [-0.2, -0.15) is 0 Å². The van der Waals surface area contributed by atoms with Crippen LogP contribution in [0.3, 0.4) is 0 Å². The van der Waals surface area contributed by atoms with Crippen LogP contribution in [0.15, 0.2) is 0 Å². The molecule has 0 aromatic heterocycles. The summed E-state index contributed by atoms with van der Waals surface area (Å²) < 4.78 is 4.94. The zero-order chi connectivity index (χ0) is 11.5. The molecule has 0 spiro atoms. The van der Waals surface area contributed by atoms with Gasteiger partial charge in [0.2, 0.25) is 0 Å². The molecular weight excluding hydrogens is 182 g/mol. The number of nitrogens with zero attached hydrogens (tertiary/aromatic N) is 1. The summed E-state index contributed by atoms with van der Waals surface area (Å²) in [6, 6.07) is -0.00461. The third-order valence-corrected chi connectivity index (χ3v) is 1.67. The fourth-order valence-electron chi connectivity index (χ4n) is 0.700. The molecule has 0 unspecified atom stereocenters. The van der Waals surface area contributed by atoms with Crippen LogP contribution in [0.4, 0.5) is 0 Å². The van der Waals surface area contributed by atoms with Gasteiger partial charge in [0.1, 0.15) is 5.60 Å². The molecular formula is C10H19NO3. The molecule has 0 aromatic carbocycles. The lowest BCUT2D eigenvalue weighted by Crippen LogP contribution is -2.41. The molecule has 0 aliphatic carbocycles. The number of ether oxygens (including phenoxy) is 1. The van der Waals surface area contributed by atoms with Gasteiger partial charge in [-0.1, -0.05) is 0 Å². The zero-order valence-corrected chi connectivity index (χ0v) is 9.75. The second-order valence-electron chi connectivity index (χ2n) is 4.51. The van der Waals surface area contributed by atoms with E-state index >= 15 is 0 Å². The van der Waals surface area contributed by atoms with E-state index in [4.69, 9.17) is 4.74 Å². The fourth-order valence-corrected chi connectivity index (χ4v) is 0.700. The van der Waals surface area contributed by atoms with Crippen molar-refractivity contribution in [2.75, 3.05) is 7.05 Å². The van der Waals surface area contributed by atoms with Gasteiger partial charge in [-0.3, -0.25) is 4.79 Å². The van der Waals surface area contributed by atoms with Crippen LogP contribution in [0, 0.1) is 0 Å². The van der Waals surface area contributed by atoms with E-state index in [1.807, 2.05) is 13.8 Å². The number of rotatable bonds is 1. The molecule has 4 heteroatoms. The number of carbonyl (C=O) groups excluding carboxylic acids is 2. The molecule has 0 aliphatic heterocycles. The Labute approximate surface area is 85.2 Å². The van der Waals surface area contributed by atoms with Crippen LogP contribution in [0.25, 0.3) is 0 Å². The predicted molar refractivity (Wildman–Crippen MR) is 53.8 cm³/mol. The minimum absolute atomic E-state index is 0.00461. The molecule has 0 heterocycles. The molecule has 0 radical (unpaired) electrons. The molecule has 0 atom stereocenters. The van der Waals surface area contributed by atoms with Crippen LogP contribution in [0.2, 0.25) is 0 Å². The molecule has 82 valence electrons. The number of likely N-dealkylation sites (N-methyl/N-ethyl adjacent to an activating group) is 1. The third-order valence-electron chi connectivity index (χ3n) is 1.67. The molecule has 0 N–H and O–H groups in total. The van der Waals surface area contributed by atoms with Crippen molar-refractivity contribution >= 4 is 11.9 Å². The number of carbonyl (C=O) groups is 2. The van der Waals surface area contributed by atoms with Gasteiger partial charge in [0, 0.05) is 13.1 Å². The first-order valence-electron chi connectivity index (χ1n) is 4.65. The van der Waals surface area contributed by atoms with Crippen molar-refractivity contribution in [3.05, 3.63) is 0 Å². The molecule has 0 rings (SSSR count). The minimum atomic E-state index is -0.798. The molecule has 0 aliphatic rings. The van der Waals surface area contributed by atoms with Gasteiger partial charge in [0.25, 0.3) is 0 Å². The molecule has 14 heavy (non-hydrogen) atoms. The normalized spacial score (nSPS) is 11.4. The maximum atomic E-state index is 11.4. The SMILES string of the molecule is CC(C)N(C)C(=O)C(=O)OC(C)(C)C. The summed E-state index contributed by atoms with van der Waals surface area (Å²) in [5.41, 5.74) is -0.620. The van der Waals surface area contributed by atoms with Crippen molar-refractivity contribution in [1.82, 2.24) is 4.90 Å². The highest BCUT2D eigenvalue weighted by Crippen LogP contribution is 2.08. The van der Waals surface area contributed by atoms with Gasteiger partial charge in [0.15, 0.2) is 0 Å². The summed E-state index contributed by atoms with van der Waals surface area (Å²) in [6.07, 6.45) is 0. The molecule has 0 aromatic rings. The topological polar surface area (TPSA) is 46.6 Å². The fraction of sp³-hybridized carbons (Fsp3) is 0.800. The lowest BCUT2D eigenvalue weighted by Gasteiger charge is -2.24. The molecule has 1 amide bonds. The molecule has 0 saturated carbocycles. The van der Waals surface area contributed by atoms with E-state index < -0.39 is 17.5 Å². The third kappa shape index (κ3) is 4.25. The Morgan fingerprint density at radius 1 is 1.21 bits per heavy atom. The highest BCUT2D eigenvalue weighted by Gasteiger charge is 2.26. The number of amides is 1. The summed E-state index contributed by atoms with van der Waals surface area (Å²) in [6.45, 7) is 8.86. The molecule has 0 fully saturated rings. The Bertz CT molecular complexity index is 228. The minimum Gasteiger partial charge on any atom is -0.453 e. The van der Waals surface area contributed by atoms with Crippen LogP contribution < -0.4 is 0 Å². The van der Waals surface area contributed by atoms with Crippen LogP contribution in [0.5, 0.6) is 0 Å². The van der Waals surface area contributed by atoms with Crippen LogP contribution in [0.1, 0.15) is 34.6 Å². The Morgan fingerprint density at radius 3 is 1.93 bits per heavy atom. The predicted octanol–water partition coefficient (Wildman–Crippen LogP) is 1.19. The second kappa shape index (κ2) is 4.44. The van der Waals surface area contributed by atoms with Crippen molar-refractivity contribution < 1.29 is 14.3 Å². The second-order valence-corrected chi connectivity index (χ2v) is 4.51. The van der Waals surface area contributed by atoms with Crippen LogP contribution >= 0.6 is 0 Å². The van der Waals surface area contributed by atoms with Crippen LogP contribution in [-0.2, 0) is 14.3 Å². The Morgan fingerprint density at radius 2 is 1.64 bits per heavy atom. The van der Waals surface area contributed by atoms with E-state index in [1.165, 1.54) is 4.90 Å². The van der Waals surface area contributed by atoms with E-state index in [0.29, 0.717) is 0 Å². The van der Waals surface area contributed by atoms with Gasteiger partial charge < -0.3 is 9.64 Å². The van der Waals surface area contributed by atoms with Crippen LogP contribution in [-0.4, -0.2) is 35.5 Å². The van der Waals surface area contributed by atoms with Crippen molar-refractivity contribution in [3.8, 4) is 0 Å². The summed E-state index contributed by atoms with van der Waals surface area (Å²) >= 11 is 0. The first kappa shape index (κ1) is 12.9. The average molecular weight is 201 g/mol. The monoisotopic (exact) mass is 201 g/mol. The lowest BCUT2D eigenvalue weighted by molar-refractivity contribution is -0.168. The Balaban J connectivity index is 4.35. The Kier molecular flexibility index (Phi) is 4.10. The number of esters is 1. The maximum absolute atomic E-state index is 11.4. The van der Waals surface area contributed by atoms with E-state index in [9.17, 15) is 9.59 Å². The highest BCUT2D eigenvalue weighted by molar-refractivity contribution is 6.32. The standard InChI is InChI=1S/C10H19NO3/c1-7(2)11(6)8(12)9(13)14-10(3,4)5/h7H,1-6H3. The van der Waals surface area contributed by atoms with E-state index in [2.05, 4.69) is 0 Å². The van der Waals surface area contributed by atoms with E-state index in [0.717, 1.165) is 0 Å². The first-order valence-corrected chi connectivity index (χ1v) is 4.65. The van der Waals surface area contributed by atoms with Gasteiger partial charge in [0.05, 0.1) is 0 Å². The largest absolute Gasteiger partial charge is 0.453 e. The van der Waals surface area contributed by atoms with Gasteiger partial charge in [-0.05, 0) is 34.6 Å². The highest BCUT2D eigenvalue weighted by atomic mass is 16.6. The Hall–Kier alpha value is -1.06. The van der Waals surface area contributed by atoms with Crippen molar-refractivity contribution in [3.63, 3.8) is 0 Å². The summed E-state index contributed by atoms with van der Waals surface area (Å²) in [5, 5.41) is 0. The number of hydrogen-bond acceptors (Lipinski definition) is 3.